The van der Waals surface area contributed by atoms with E-state index in [9.17, 15) is 24.5 Å². The number of rotatable bonds is 8. The Labute approximate surface area is 166 Å². The zero-order valence-electron chi connectivity index (χ0n) is 16.0. The molecule has 0 fully saturated rings. The van der Waals surface area contributed by atoms with Gasteiger partial charge in [-0.25, -0.2) is 9.59 Å². The van der Waals surface area contributed by atoms with E-state index in [2.05, 4.69) is 5.32 Å². The maximum Gasteiger partial charge on any atom is 0.345 e. The minimum absolute atomic E-state index is 0.224. The van der Waals surface area contributed by atoms with Gasteiger partial charge in [0.05, 0.1) is 17.1 Å². The summed E-state index contributed by atoms with van der Waals surface area (Å²) in [6.45, 7) is 3.09. The molecular weight excluding hydrogens is 380 g/mol. The molecular formula is C20H20N2O7. The average molecular weight is 400 g/mol. The fraction of sp³-hybridized carbons (Fsp3) is 0.250. The number of anilines is 1. The summed E-state index contributed by atoms with van der Waals surface area (Å²) in [4.78, 5) is 46.3. The smallest absolute Gasteiger partial charge is 0.345 e. The van der Waals surface area contributed by atoms with Gasteiger partial charge in [0, 0.05) is 11.3 Å². The molecule has 29 heavy (non-hydrogen) atoms. The molecule has 0 radical (unpaired) electrons. The lowest BCUT2D eigenvalue weighted by Gasteiger charge is -2.08. The highest BCUT2D eigenvalue weighted by Crippen LogP contribution is 2.23. The minimum atomic E-state index is -0.968. The van der Waals surface area contributed by atoms with E-state index in [1.54, 1.807) is 0 Å². The number of esters is 2. The summed E-state index contributed by atoms with van der Waals surface area (Å²) in [7, 11) is 0. The highest BCUT2D eigenvalue weighted by atomic mass is 16.6. The zero-order valence-corrected chi connectivity index (χ0v) is 16.0. The van der Waals surface area contributed by atoms with Gasteiger partial charge >= 0.3 is 11.9 Å². The molecule has 1 amide bonds. The fourth-order valence-electron chi connectivity index (χ4n) is 2.44. The van der Waals surface area contributed by atoms with E-state index in [0.717, 1.165) is 0 Å². The maximum atomic E-state index is 12.1. The van der Waals surface area contributed by atoms with Crippen molar-refractivity contribution in [2.45, 2.75) is 20.3 Å². The average Bonchev–Trinajstić information content (AvgIpc) is 2.70. The molecule has 0 heterocycles. The van der Waals surface area contributed by atoms with Crippen LogP contribution in [0, 0.1) is 17.0 Å². The summed E-state index contributed by atoms with van der Waals surface area (Å²) in [5.41, 5.74) is 0.460. The second-order valence-electron chi connectivity index (χ2n) is 6.07. The summed E-state index contributed by atoms with van der Waals surface area (Å²) < 4.78 is 9.89. The highest BCUT2D eigenvalue weighted by molar-refractivity contribution is 5.98. The van der Waals surface area contributed by atoms with Crippen LogP contribution in [0.5, 0.6) is 0 Å². The van der Waals surface area contributed by atoms with E-state index in [-0.39, 0.29) is 11.3 Å². The van der Waals surface area contributed by atoms with Gasteiger partial charge in [-0.2, -0.15) is 0 Å². The fourth-order valence-corrected chi connectivity index (χ4v) is 2.44. The Balaban J connectivity index is 1.93. The number of nitro groups is 1. The summed E-state index contributed by atoms with van der Waals surface area (Å²) in [6.07, 6.45) is 0.713. The van der Waals surface area contributed by atoms with Crippen molar-refractivity contribution in [2.24, 2.45) is 0 Å². The molecule has 2 rings (SSSR count). The van der Waals surface area contributed by atoms with Crippen LogP contribution in [0.3, 0.4) is 0 Å². The highest BCUT2D eigenvalue weighted by Gasteiger charge is 2.24. The number of ether oxygens (including phenoxy) is 2. The van der Waals surface area contributed by atoms with Gasteiger partial charge in [-0.15, -0.1) is 0 Å². The third-order valence-electron chi connectivity index (χ3n) is 3.82. The van der Waals surface area contributed by atoms with E-state index in [1.807, 2.05) is 6.92 Å². The van der Waals surface area contributed by atoms with E-state index in [1.165, 1.54) is 49.4 Å². The van der Waals surface area contributed by atoms with E-state index in [4.69, 9.17) is 9.47 Å². The van der Waals surface area contributed by atoms with Crippen molar-refractivity contribution in [3.63, 3.8) is 0 Å². The number of benzene rings is 2. The number of amides is 1. The molecule has 0 aliphatic heterocycles. The van der Waals surface area contributed by atoms with Gasteiger partial charge in [0.25, 0.3) is 11.6 Å². The van der Waals surface area contributed by atoms with Crippen molar-refractivity contribution in [3.8, 4) is 0 Å². The molecule has 0 aliphatic rings. The van der Waals surface area contributed by atoms with E-state index >= 15 is 0 Å². The molecule has 0 saturated heterocycles. The Kier molecular flexibility index (Phi) is 7.41. The zero-order chi connectivity index (χ0) is 21.4. The minimum Gasteiger partial charge on any atom is -0.462 e. The van der Waals surface area contributed by atoms with E-state index in [0.29, 0.717) is 29.8 Å². The molecule has 152 valence electrons. The predicted molar refractivity (Wildman–Crippen MR) is 104 cm³/mol. The van der Waals surface area contributed by atoms with Crippen LogP contribution in [0.15, 0.2) is 42.5 Å². The Bertz CT molecular complexity index is 923. The van der Waals surface area contributed by atoms with Crippen LogP contribution in [0.2, 0.25) is 0 Å². The first-order valence-electron chi connectivity index (χ1n) is 8.81. The van der Waals surface area contributed by atoms with Gasteiger partial charge in [0.1, 0.15) is 5.56 Å². The third kappa shape index (κ3) is 5.86. The largest absolute Gasteiger partial charge is 0.462 e. The number of nitrogens with one attached hydrogen (secondary N) is 1. The molecule has 0 bridgehead atoms. The number of hydrogen-bond donors (Lipinski definition) is 1. The topological polar surface area (TPSA) is 125 Å². The Morgan fingerprint density at radius 2 is 1.72 bits per heavy atom. The van der Waals surface area contributed by atoms with Crippen LogP contribution in [0.4, 0.5) is 11.4 Å². The number of hydrogen-bond acceptors (Lipinski definition) is 7. The molecule has 0 aromatic heterocycles. The quantitative estimate of drug-likeness (QED) is 0.409. The maximum absolute atomic E-state index is 12.1. The van der Waals surface area contributed by atoms with Crippen molar-refractivity contribution in [2.75, 3.05) is 18.5 Å². The SMILES string of the molecule is CCCOC(=O)c1ccc(NC(=O)COC(=O)c2cccc(C)c2[N+](=O)[O-])cc1. The van der Waals surface area contributed by atoms with Crippen LogP contribution in [-0.2, 0) is 14.3 Å². The Morgan fingerprint density at radius 1 is 1.03 bits per heavy atom. The van der Waals surface area contributed by atoms with Crippen molar-refractivity contribution < 1.29 is 28.8 Å². The van der Waals surface area contributed by atoms with Crippen molar-refractivity contribution in [3.05, 3.63) is 69.3 Å². The normalized spacial score (nSPS) is 10.1. The summed E-state index contributed by atoms with van der Waals surface area (Å²) in [6, 6.07) is 10.3. The molecule has 2 aromatic carbocycles. The monoisotopic (exact) mass is 400 g/mol. The molecule has 0 atom stereocenters. The molecule has 9 nitrogen and oxygen atoms in total. The third-order valence-corrected chi connectivity index (χ3v) is 3.82. The van der Waals surface area contributed by atoms with Crippen LogP contribution < -0.4 is 5.32 Å². The molecule has 0 aliphatic carbocycles. The lowest BCUT2D eigenvalue weighted by Crippen LogP contribution is -2.21. The van der Waals surface area contributed by atoms with Crippen molar-refractivity contribution in [1.29, 1.82) is 0 Å². The van der Waals surface area contributed by atoms with Crippen LogP contribution in [0.25, 0.3) is 0 Å². The van der Waals surface area contributed by atoms with E-state index < -0.39 is 29.4 Å². The summed E-state index contributed by atoms with van der Waals surface area (Å²) >= 11 is 0. The van der Waals surface area contributed by atoms with Crippen LogP contribution in [-0.4, -0.2) is 36.0 Å². The van der Waals surface area contributed by atoms with Crippen LogP contribution >= 0.6 is 0 Å². The first-order chi connectivity index (χ1) is 13.8. The Morgan fingerprint density at radius 3 is 2.34 bits per heavy atom. The molecule has 0 unspecified atom stereocenters. The molecule has 2 aromatic rings. The van der Waals surface area contributed by atoms with Gasteiger partial charge in [0.15, 0.2) is 6.61 Å². The van der Waals surface area contributed by atoms with Gasteiger partial charge in [-0.05, 0) is 43.7 Å². The van der Waals surface area contributed by atoms with Gasteiger partial charge in [-0.3, -0.25) is 14.9 Å². The van der Waals surface area contributed by atoms with Crippen molar-refractivity contribution in [1.82, 2.24) is 0 Å². The second kappa shape index (κ2) is 9.98. The predicted octanol–water partition coefficient (Wildman–Crippen LogP) is 3.27. The standard InChI is InChI=1S/C20H20N2O7/c1-3-11-28-19(24)14-7-9-15(10-8-14)21-17(23)12-29-20(25)16-6-4-5-13(2)18(16)22(26)27/h4-10H,3,11-12H2,1-2H3,(H,21,23). The molecule has 9 heteroatoms. The number of nitro benzene ring substituents is 1. The van der Waals surface area contributed by atoms with Crippen molar-refractivity contribution >= 4 is 29.2 Å². The first kappa shape index (κ1) is 21.5. The Hall–Kier alpha value is -3.75. The number of carbonyl (C=O) groups is 3. The van der Waals surface area contributed by atoms with Gasteiger partial charge < -0.3 is 14.8 Å². The number of nitrogens with zero attached hydrogens (tertiary/aromatic N) is 1. The molecule has 0 spiro atoms. The number of aryl methyl sites for hydroxylation is 1. The van der Waals surface area contributed by atoms with Gasteiger partial charge in [-0.1, -0.05) is 19.1 Å². The number of carbonyl (C=O) groups excluding carboxylic acids is 3. The molecule has 1 N–H and O–H groups in total. The lowest BCUT2D eigenvalue weighted by molar-refractivity contribution is -0.385. The summed E-state index contributed by atoms with van der Waals surface area (Å²) in [5, 5.41) is 13.7. The molecule has 0 saturated carbocycles. The lowest BCUT2D eigenvalue weighted by atomic mass is 10.1. The first-order valence-corrected chi connectivity index (χ1v) is 8.81. The second-order valence-corrected chi connectivity index (χ2v) is 6.07. The number of para-hydroxylation sites is 1. The summed E-state index contributed by atoms with van der Waals surface area (Å²) in [5.74, 6) is -2.06. The van der Waals surface area contributed by atoms with Gasteiger partial charge in [0.2, 0.25) is 0 Å². The van der Waals surface area contributed by atoms with Crippen LogP contribution in [0.1, 0.15) is 39.6 Å².